The van der Waals surface area contributed by atoms with Crippen molar-refractivity contribution >= 4 is 16.8 Å². The highest BCUT2D eigenvalue weighted by molar-refractivity contribution is 5.92. The van der Waals surface area contributed by atoms with E-state index in [0.717, 1.165) is 51.1 Å². The highest BCUT2D eigenvalue weighted by Gasteiger charge is 2.30. The number of carbonyl (C=O) groups is 1. The highest BCUT2D eigenvalue weighted by atomic mass is 16.2. The number of fused-ring (bicyclic) bond motifs is 1. The normalized spacial score (nSPS) is 19.9. The third-order valence-electron chi connectivity index (χ3n) is 7.31. The van der Waals surface area contributed by atoms with Crippen LogP contribution in [-0.4, -0.2) is 47.0 Å². The van der Waals surface area contributed by atoms with E-state index in [1.165, 1.54) is 33.3 Å². The van der Waals surface area contributed by atoms with Gasteiger partial charge in [0.05, 0.1) is 11.6 Å². The second-order valence-electron chi connectivity index (χ2n) is 9.85. The van der Waals surface area contributed by atoms with Crippen LogP contribution in [0.4, 0.5) is 0 Å². The number of aromatic nitrogens is 2. The lowest BCUT2D eigenvalue weighted by Gasteiger charge is -2.33. The van der Waals surface area contributed by atoms with Crippen LogP contribution in [0.2, 0.25) is 0 Å². The van der Waals surface area contributed by atoms with Crippen LogP contribution in [-0.2, 0) is 4.79 Å². The number of piperidine rings is 1. The van der Waals surface area contributed by atoms with Gasteiger partial charge in [-0.05, 0) is 80.0 Å². The van der Waals surface area contributed by atoms with Crippen molar-refractivity contribution in [1.82, 2.24) is 20.2 Å². The summed E-state index contributed by atoms with van der Waals surface area (Å²) < 4.78 is 0. The van der Waals surface area contributed by atoms with Crippen molar-refractivity contribution in [2.75, 3.05) is 26.2 Å². The minimum absolute atomic E-state index is 0.187. The van der Waals surface area contributed by atoms with Crippen LogP contribution in [0.5, 0.6) is 0 Å². The zero-order valence-electron chi connectivity index (χ0n) is 19.4. The molecule has 0 saturated carbocycles. The summed E-state index contributed by atoms with van der Waals surface area (Å²) in [5.74, 6) is 1.48. The number of aryl methyl sites for hydroxylation is 1. The van der Waals surface area contributed by atoms with Gasteiger partial charge in [-0.1, -0.05) is 19.9 Å². The molecule has 1 amide bonds. The number of aromatic amines is 1. The lowest BCUT2D eigenvalue weighted by Crippen LogP contribution is -2.41. The Hall–Kier alpha value is -2.66. The molecule has 2 saturated heterocycles. The Morgan fingerprint density at radius 1 is 1.12 bits per heavy atom. The van der Waals surface area contributed by atoms with Gasteiger partial charge in [-0.3, -0.25) is 9.78 Å². The monoisotopic (exact) mass is 430 g/mol. The summed E-state index contributed by atoms with van der Waals surface area (Å²) in [6.07, 6.45) is 4.98. The third-order valence-corrected chi connectivity index (χ3v) is 7.31. The van der Waals surface area contributed by atoms with Gasteiger partial charge in [0.1, 0.15) is 0 Å². The van der Waals surface area contributed by atoms with Crippen molar-refractivity contribution in [3.8, 4) is 11.3 Å². The maximum Gasteiger partial charge on any atom is 0.227 e. The molecule has 32 heavy (non-hydrogen) atoms. The summed E-state index contributed by atoms with van der Waals surface area (Å²) in [6.45, 7) is 10.2. The summed E-state index contributed by atoms with van der Waals surface area (Å²) >= 11 is 0. The fourth-order valence-electron chi connectivity index (χ4n) is 5.57. The quantitative estimate of drug-likeness (QED) is 0.614. The number of pyridine rings is 1. The molecule has 0 bridgehead atoms. The molecule has 5 heteroatoms. The fourth-order valence-corrected chi connectivity index (χ4v) is 5.57. The predicted molar refractivity (Wildman–Crippen MR) is 130 cm³/mol. The average molecular weight is 431 g/mol. The van der Waals surface area contributed by atoms with E-state index in [9.17, 15) is 4.79 Å². The number of amides is 1. The number of hydrogen-bond acceptors (Lipinski definition) is 3. The van der Waals surface area contributed by atoms with Crippen LogP contribution in [0, 0.1) is 12.8 Å². The Morgan fingerprint density at radius 3 is 2.62 bits per heavy atom. The van der Waals surface area contributed by atoms with Gasteiger partial charge in [0.2, 0.25) is 5.91 Å². The smallest absolute Gasteiger partial charge is 0.227 e. The Labute approximate surface area is 190 Å². The van der Waals surface area contributed by atoms with Crippen LogP contribution < -0.4 is 5.32 Å². The average Bonchev–Trinajstić information content (AvgIpc) is 3.46. The van der Waals surface area contributed by atoms with Gasteiger partial charge in [-0.25, -0.2) is 0 Å². The predicted octanol–water partition coefficient (Wildman–Crippen LogP) is 4.98. The number of likely N-dealkylation sites (tertiary alicyclic amines) is 1. The van der Waals surface area contributed by atoms with Gasteiger partial charge < -0.3 is 15.2 Å². The van der Waals surface area contributed by atoms with E-state index in [2.05, 4.69) is 64.4 Å². The molecule has 168 valence electrons. The molecule has 2 aromatic heterocycles. The van der Waals surface area contributed by atoms with Crippen LogP contribution >= 0.6 is 0 Å². The van der Waals surface area contributed by atoms with Gasteiger partial charge in [0, 0.05) is 48.0 Å². The number of nitrogens with one attached hydrogen (secondary N) is 2. The number of hydrogen-bond donors (Lipinski definition) is 2. The van der Waals surface area contributed by atoms with E-state index in [0.29, 0.717) is 17.7 Å². The number of H-pyrrole nitrogens is 1. The van der Waals surface area contributed by atoms with Gasteiger partial charge in [0.25, 0.3) is 0 Å². The molecule has 0 radical (unpaired) electrons. The molecule has 2 aliphatic heterocycles. The lowest BCUT2D eigenvalue weighted by molar-refractivity contribution is -0.136. The van der Waals surface area contributed by atoms with Crippen molar-refractivity contribution < 1.29 is 4.79 Å². The van der Waals surface area contributed by atoms with E-state index in [1.807, 2.05) is 13.1 Å². The maximum atomic E-state index is 12.8. The molecule has 0 aliphatic carbocycles. The second-order valence-corrected chi connectivity index (χ2v) is 9.85. The molecule has 1 atom stereocenters. The van der Waals surface area contributed by atoms with Crippen LogP contribution in [0.15, 0.2) is 36.5 Å². The first-order valence-electron chi connectivity index (χ1n) is 12.1. The standard InChI is InChI=1S/C27H34N4O/c1-17(2)25-23-15-20(4-5-24(23)30-26(25)21-7-11-29-18(3)14-21)19-8-12-31(13-9-19)27(32)22-6-10-28-16-22/h4-5,7,11,14-15,17,19,22,28,30H,6,8-10,12-13,16H2,1-3H3. The number of rotatable bonds is 4. The van der Waals surface area contributed by atoms with Crippen molar-refractivity contribution in [3.63, 3.8) is 0 Å². The van der Waals surface area contributed by atoms with Crippen LogP contribution in [0.1, 0.15) is 61.8 Å². The first-order valence-corrected chi connectivity index (χ1v) is 12.1. The summed E-state index contributed by atoms with van der Waals surface area (Å²) in [4.78, 5) is 22.9. The van der Waals surface area contributed by atoms with E-state index < -0.39 is 0 Å². The molecule has 1 unspecified atom stereocenters. The summed E-state index contributed by atoms with van der Waals surface area (Å²) in [6, 6.07) is 11.2. The Bertz CT molecular complexity index is 1120. The number of benzene rings is 1. The van der Waals surface area contributed by atoms with Crippen molar-refractivity contribution in [2.45, 2.75) is 51.9 Å². The molecular weight excluding hydrogens is 396 g/mol. The van der Waals surface area contributed by atoms with Crippen LogP contribution in [0.25, 0.3) is 22.2 Å². The first-order chi connectivity index (χ1) is 15.5. The molecule has 1 aromatic carbocycles. The van der Waals surface area contributed by atoms with Crippen molar-refractivity contribution in [2.24, 2.45) is 5.92 Å². The Morgan fingerprint density at radius 2 is 1.94 bits per heavy atom. The zero-order valence-corrected chi connectivity index (χ0v) is 19.4. The van der Waals surface area contributed by atoms with E-state index in [-0.39, 0.29) is 5.92 Å². The molecule has 3 aromatic rings. The van der Waals surface area contributed by atoms with E-state index in [4.69, 9.17) is 0 Å². The first kappa shape index (κ1) is 21.2. The zero-order chi connectivity index (χ0) is 22.2. The number of carbonyl (C=O) groups excluding carboxylic acids is 1. The Balaban J connectivity index is 1.40. The molecule has 5 nitrogen and oxygen atoms in total. The molecule has 5 rings (SSSR count). The largest absolute Gasteiger partial charge is 0.354 e. The maximum absolute atomic E-state index is 12.8. The Kier molecular flexibility index (Phi) is 5.76. The van der Waals surface area contributed by atoms with Crippen molar-refractivity contribution in [1.29, 1.82) is 0 Å². The number of nitrogens with zero attached hydrogens (tertiary/aromatic N) is 2. The highest BCUT2D eigenvalue weighted by Crippen LogP contribution is 2.38. The second kappa shape index (κ2) is 8.70. The molecule has 4 heterocycles. The SMILES string of the molecule is Cc1cc(-c2[nH]c3ccc(C4CCN(C(=O)C5CCNC5)CC4)cc3c2C(C)C)ccn1. The molecule has 2 aliphatic rings. The third kappa shape index (κ3) is 3.95. The van der Waals surface area contributed by atoms with Gasteiger partial charge in [-0.2, -0.15) is 0 Å². The minimum atomic E-state index is 0.187. The molecular formula is C27H34N4O. The fraction of sp³-hybridized carbons (Fsp3) is 0.481. The van der Waals surface area contributed by atoms with E-state index in [1.54, 1.807) is 0 Å². The molecule has 0 spiro atoms. The van der Waals surface area contributed by atoms with Gasteiger partial charge in [0.15, 0.2) is 0 Å². The summed E-state index contributed by atoms with van der Waals surface area (Å²) in [5, 5.41) is 4.65. The van der Waals surface area contributed by atoms with Gasteiger partial charge >= 0.3 is 0 Å². The lowest BCUT2D eigenvalue weighted by atomic mass is 9.87. The van der Waals surface area contributed by atoms with Crippen LogP contribution in [0.3, 0.4) is 0 Å². The molecule has 2 fully saturated rings. The molecule has 2 N–H and O–H groups in total. The summed E-state index contributed by atoms with van der Waals surface area (Å²) in [5.41, 5.74) is 7.43. The minimum Gasteiger partial charge on any atom is -0.354 e. The topological polar surface area (TPSA) is 61.0 Å². The van der Waals surface area contributed by atoms with Crippen molar-refractivity contribution in [3.05, 3.63) is 53.3 Å². The van der Waals surface area contributed by atoms with E-state index >= 15 is 0 Å². The summed E-state index contributed by atoms with van der Waals surface area (Å²) in [7, 11) is 0. The van der Waals surface area contributed by atoms with Gasteiger partial charge in [-0.15, -0.1) is 0 Å².